The zero-order valence-electron chi connectivity index (χ0n) is 13.6. The zero-order valence-corrected chi connectivity index (χ0v) is 14.3. The molecule has 134 valence electrons. The number of nitrogens with zero attached hydrogens (tertiary/aromatic N) is 3. The molecule has 2 aromatic carbocycles. The Morgan fingerprint density at radius 1 is 1.11 bits per heavy atom. The second-order valence-electron chi connectivity index (χ2n) is 5.59. The number of hydrogen-bond donors (Lipinski definition) is 0. The van der Waals surface area contributed by atoms with Crippen LogP contribution in [0.4, 0.5) is 0 Å². The lowest BCUT2D eigenvalue weighted by Crippen LogP contribution is -2.26. The zero-order chi connectivity index (χ0) is 19.0. The molecule has 0 unspecified atom stereocenters. The molecular weight excluding hydrogens is 374 g/mol. The Morgan fingerprint density at radius 2 is 1.93 bits per heavy atom. The molecule has 0 spiro atoms. The van der Waals surface area contributed by atoms with E-state index in [2.05, 4.69) is 10.3 Å². The normalized spacial score (nSPS) is 11.0. The van der Waals surface area contributed by atoms with Crippen LogP contribution < -0.4 is 11.0 Å². The molecule has 0 radical (unpaired) electrons. The molecule has 0 bridgehead atoms. The lowest BCUT2D eigenvalue weighted by molar-refractivity contribution is 0.0301. The number of fused-ring (bicyclic) bond motifs is 2. The van der Waals surface area contributed by atoms with Crippen LogP contribution in [0.5, 0.6) is 0 Å². The second kappa shape index (κ2) is 6.65. The van der Waals surface area contributed by atoms with E-state index < -0.39 is 23.7 Å². The number of hydrogen-bond acceptors (Lipinski definition) is 7. The highest BCUT2D eigenvalue weighted by Gasteiger charge is 2.15. The van der Waals surface area contributed by atoms with Gasteiger partial charge in [0.2, 0.25) is 5.76 Å². The third-order valence-electron chi connectivity index (χ3n) is 3.84. The van der Waals surface area contributed by atoms with Crippen molar-refractivity contribution in [1.82, 2.24) is 15.0 Å². The number of carbonyl (C=O) groups is 1. The van der Waals surface area contributed by atoms with Gasteiger partial charge in [-0.15, -0.1) is 5.10 Å². The summed E-state index contributed by atoms with van der Waals surface area (Å²) in [5.74, 6) is -1.21. The molecule has 27 heavy (non-hydrogen) atoms. The number of benzene rings is 2. The van der Waals surface area contributed by atoms with Gasteiger partial charge in [0.15, 0.2) is 12.2 Å². The topological polar surface area (TPSA) is 104 Å². The van der Waals surface area contributed by atoms with Crippen LogP contribution in [0, 0.1) is 0 Å². The average molecular weight is 384 g/mol. The summed E-state index contributed by atoms with van der Waals surface area (Å²) in [6.45, 7) is -0.474. The minimum atomic E-state index is -0.911. The van der Waals surface area contributed by atoms with Crippen molar-refractivity contribution in [3.63, 3.8) is 0 Å². The molecule has 9 heteroatoms. The molecule has 8 nitrogen and oxygen atoms in total. The first-order chi connectivity index (χ1) is 13.0. The van der Waals surface area contributed by atoms with Crippen molar-refractivity contribution in [2.75, 3.05) is 0 Å². The molecular formula is C18H10ClN3O5. The highest BCUT2D eigenvalue weighted by atomic mass is 35.5. The summed E-state index contributed by atoms with van der Waals surface area (Å²) in [5, 5.41) is 8.58. The SMILES string of the molecule is O=C(OCn1nnc2ccccc2c1=O)c1cc(=O)c2cc(Cl)ccc2o1. The molecule has 0 saturated heterocycles. The molecule has 0 amide bonds. The molecule has 0 aliphatic heterocycles. The number of aromatic nitrogens is 3. The standard InChI is InChI=1S/C18H10ClN3O5/c19-10-5-6-15-12(7-10)14(23)8-16(27-15)18(25)26-9-22-17(24)11-3-1-2-4-13(11)20-21-22/h1-8H,9H2. The van der Waals surface area contributed by atoms with E-state index in [0.717, 1.165) is 10.7 Å². The van der Waals surface area contributed by atoms with E-state index in [1.165, 1.54) is 18.2 Å². The van der Waals surface area contributed by atoms with Gasteiger partial charge < -0.3 is 9.15 Å². The summed E-state index contributed by atoms with van der Waals surface area (Å²) < 4.78 is 11.3. The first-order valence-electron chi connectivity index (χ1n) is 7.76. The first-order valence-corrected chi connectivity index (χ1v) is 8.14. The summed E-state index contributed by atoms with van der Waals surface area (Å²) in [4.78, 5) is 36.7. The number of esters is 1. The minimum absolute atomic E-state index is 0.196. The minimum Gasteiger partial charge on any atom is -0.449 e. The lowest BCUT2D eigenvalue weighted by Gasteiger charge is -2.06. The van der Waals surface area contributed by atoms with E-state index in [4.69, 9.17) is 20.8 Å². The first kappa shape index (κ1) is 16.9. The number of halogens is 1. The molecule has 4 aromatic rings. The van der Waals surface area contributed by atoms with Crippen LogP contribution in [0.25, 0.3) is 21.9 Å². The Labute approximate surface area is 155 Å². The van der Waals surface area contributed by atoms with Crippen molar-refractivity contribution < 1.29 is 13.9 Å². The Morgan fingerprint density at radius 3 is 2.78 bits per heavy atom. The van der Waals surface area contributed by atoms with Crippen molar-refractivity contribution in [3.05, 3.63) is 79.9 Å². The molecule has 0 fully saturated rings. The quantitative estimate of drug-likeness (QED) is 0.500. The molecule has 4 rings (SSSR count). The summed E-state index contributed by atoms with van der Waals surface area (Å²) in [6, 6.07) is 12.1. The fourth-order valence-corrected chi connectivity index (χ4v) is 2.70. The molecule has 0 aliphatic carbocycles. The fourth-order valence-electron chi connectivity index (χ4n) is 2.53. The predicted molar refractivity (Wildman–Crippen MR) is 96.7 cm³/mol. The third kappa shape index (κ3) is 3.18. The van der Waals surface area contributed by atoms with Gasteiger partial charge >= 0.3 is 5.97 Å². The number of carbonyl (C=O) groups excluding carboxylic acids is 1. The van der Waals surface area contributed by atoms with Gasteiger partial charge in [-0.05, 0) is 30.3 Å². The van der Waals surface area contributed by atoms with E-state index in [1.54, 1.807) is 24.3 Å². The number of ether oxygens (including phenoxy) is 1. The van der Waals surface area contributed by atoms with Gasteiger partial charge in [-0.25, -0.2) is 4.79 Å². The Hall–Kier alpha value is -3.52. The van der Waals surface area contributed by atoms with Crippen molar-refractivity contribution >= 4 is 39.4 Å². The highest BCUT2D eigenvalue weighted by Crippen LogP contribution is 2.18. The monoisotopic (exact) mass is 383 g/mol. The average Bonchev–Trinajstić information content (AvgIpc) is 2.68. The van der Waals surface area contributed by atoms with Gasteiger partial charge in [0, 0.05) is 11.1 Å². The van der Waals surface area contributed by atoms with Gasteiger partial charge in [-0.3, -0.25) is 9.59 Å². The van der Waals surface area contributed by atoms with E-state index in [-0.39, 0.29) is 16.7 Å². The fraction of sp³-hybridized carbons (Fsp3) is 0.0556. The Bertz CT molecular complexity index is 1310. The predicted octanol–water partition coefficient (Wildman–Crippen LogP) is 2.37. The van der Waals surface area contributed by atoms with Crippen LogP contribution in [0.2, 0.25) is 5.02 Å². The van der Waals surface area contributed by atoms with Gasteiger partial charge in [0.25, 0.3) is 5.56 Å². The van der Waals surface area contributed by atoms with E-state index in [0.29, 0.717) is 15.9 Å². The van der Waals surface area contributed by atoms with Crippen molar-refractivity contribution in [3.8, 4) is 0 Å². The maximum absolute atomic E-state index is 12.3. The number of rotatable bonds is 3. The summed E-state index contributed by atoms with van der Waals surface area (Å²) in [7, 11) is 0. The van der Waals surface area contributed by atoms with Crippen LogP contribution in [-0.4, -0.2) is 21.0 Å². The van der Waals surface area contributed by atoms with Crippen molar-refractivity contribution in [2.45, 2.75) is 6.73 Å². The van der Waals surface area contributed by atoms with E-state index in [1.807, 2.05) is 0 Å². The van der Waals surface area contributed by atoms with Gasteiger partial charge in [-0.2, -0.15) is 4.68 Å². The molecule has 0 N–H and O–H groups in total. The summed E-state index contributed by atoms with van der Waals surface area (Å²) >= 11 is 5.85. The van der Waals surface area contributed by atoms with Gasteiger partial charge in [0.1, 0.15) is 11.1 Å². The molecule has 0 aliphatic rings. The maximum atomic E-state index is 12.3. The summed E-state index contributed by atoms with van der Waals surface area (Å²) in [6.07, 6.45) is 0. The largest absolute Gasteiger partial charge is 0.449 e. The van der Waals surface area contributed by atoms with Crippen molar-refractivity contribution in [1.29, 1.82) is 0 Å². The van der Waals surface area contributed by atoms with Crippen LogP contribution in [0.3, 0.4) is 0 Å². The Balaban J connectivity index is 1.61. The van der Waals surface area contributed by atoms with Gasteiger partial charge in [-0.1, -0.05) is 28.9 Å². The molecule has 0 atom stereocenters. The van der Waals surface area contributed by atoms with Crippen LogP contribution in [0.15, 0.2) is 62.5 Å². The third-order valence-corrected chi connectivity index (χ3v) is 4.07. The summed E-state index contributed by atoms with van der Waals surface area (Å²) in [5.41, 5.74) is -0.262. The smallest absolute Gasteiger partial charge is 0.376 e. The molecule has 0 saturated carbocycles. The van der Waals surface area contributed by atoms with E-state index in [9.17, 15) is 14.4 Å². The highest BCUT2D eigenvalue weighted by molar-refractivity contribution is 6.31. The van der Waals surface area contributed by atoms with Crippen molar-refractivity contribution in [2.24, 2.45) is 0 Å². The van der Waals surface area contributed by atoms with E-state index >= 15 is 0 Å². The van der Waals surface area contributed by atoms with Crippen LogP contribution in [0.1, 0.15) is 10.6 Å². The molecule has 2 aromatic heterocycles. The molecule has 2 heterocycles. The van der Waals surface area contributed by atoms with Crippen LogP contribution >= 0.6 is 11.6 Å². The second-order valence-corrected chi connectivity index (χ2v) is 6.02. The van der Waals surface area contributed by atoms with Crippen LogP contribution in [-0.2, 0) is 11.5 Å². The maximum Gasteiger partial charge on any atom is 0.376 e. The van der Waals surface area contributed by atoms with Gasteiger partial charge in [0.05, 0.1) is 10.8 Å². The Kier molecular flexibility index (Phi) is 4.17. The lowest BCUT2D eigenvalue weighted by atomic mass is 10.2.